The number of aryl methyl sites for hydroxylation is 2. The lowest BCUT2D eigenvalue weighted by Crippen LogP contribution is -2.38. The van der Waals surface area contributed by atoms with Gasteiger partial charge < -0.3 is 19.1 Å². The highest BCUT2D eigenvalue weighted by atomic mass is 32.2. The Labute approximate surface area is 345 Å². The van der Waals surface area contributed by atoms with Gasteiger partial charge in [0.1, 0.15) is 0 Å². The topological polar surface area (TPSA) is 140 Å². The number of hydrogen-bond donors (Lipinski definition) is 4. The van der Waals surface area contributed by atoms with Crippen molar-refractivity contribution < 1.29 is 16.8 Å². The van der Waals surface area contributed by atoms with E-state index in [2.05, 4.69) is 88.9 Å². The summed E-state index contributed by atoms with van der Waals surface area (Å²) < 4.78 is 65.0. The maximum atomic E-state index is 13.8. The molecule has 0 aliphatic carbocycles. The van der Waals surface area contributed by atoms with Gasteiger partial charge in [-0.3, -0.25) is 9.80 Å². The smallest absolute Gasteiger partial charge is 0.240 e. The van der Waals surface area contributed by atoms with E-state index in [0.29, 0.717) is 19.6 Å². The summed E-state index contributed by atoms with van der Waals surface area (Å²) in [7, 11) is -3.55. The van der Waals surface area contributed by atoms with Gasteiger partial charge in [-0.15, -0.1) is 0 Å². The molecule has 0 aliphatic rings. The molecule has 0 radical (unpaired) electrons. The molecular formula is C45H52N8O4S2. The Morgan fingerprint density at radius 3 is 1.80 bits per heavy atom. The summed E-state index contributed by atoms with van der Waals surface area (Å²) in [5, 5.41) is 4.09. The second kappa shape index (κ2) is 16.8. The third-order valence-electron chi connectivity index (χ3n) is 11.8. The van der Waals surface area contributed by atoms with Gasteiger partial charge in [-0.1, -0.05) is 62.4 Å². The maximum Gasteiger partial charge on any atom is 0.240 e. The van der Waals surface area contributed by atoms with Crippen LogP contribution in [0.3, 0.4) is 0 Å². The Morgan fingerprint density at radius 2 is 1.20 bits per heavy atom. The number of aromatic nitrogens is 4. The normalized spacial score (nSPS) is 13.8. The lowest BCUT2D eigenvalue weighted by atomic mass is 10.0. The molecule has 2 unspecified atom stereocenters. The molecule has 4 N–H and O–H groups in total. The quantitative estimate of drug-likeness (QED) is 0.0707. The van der Waals surface area contributed by atoms with Crippen molar-refractivity contribution in [3.63, 3.8) is 0 Å². The summed E-state index contributed by atoms with van der Waals surface area (Å²) in [5.74, 6) is 0. The standard InChI is InChI=1S/C45H52N8O4S2/c1-5-50(3)44(28-48-58(54,55)34-18-16-32-20-22-46-40(32)26-34)39-31-53(43-15-10-8-13-37(39)43)25-11-24-52(6-2)45(38-30-51(4)42-14-9-7-12-36(38)42)29-49-59(56,57)35-19-17-33-21-23-47-41(33)27-35/h7-10,12-23,26-27,30-31,44-49H,5-6,11,24-25,28-29H2,1-4H3. The molecule has 0 aliphatic heterocycles. The molecule has 308 valence electrons. The number of H-pyrrole nitrogens is 2. The fourth-order valence-corrected chi connectivity index (χ4v) is 10.6. The van der Waals surface area contributed by atoms with Gasteiger partial charge in [0.05, 0.1) is 21.9 Å². The highest BCUT2D eigenvalue weighted by Gasteiger charge is 2.27. The first kappa shape index (κ1) is 40.6. The molecule has 4 heterocycles. The Morgan fingerprint density at radius 1 is 0.661 bits per heavy atom. The van der Waals surface area contributed by atoms with Crippen molar-refractivity contribution in [3.05, 3.63) is 133 Å². The predicted molar refractivity (Wildman–Crippen MR) is 237 cm³/mol. The number of sulfonamides is 2. The summed E-state index contributed by atoms with van der Waals surface area (Å²) in [6, 6.07) is 30.2. The van der Waals surface area contributed by atoms with E-state index in [1.165, 1.54) is 0 Å². The van der Waals surface area contributed by atoms with Gasteiger partial charge in [0, 0.05) is 90.9 Å². The number of hydrogen-bond acceptors (Lipinski definition) is 6. The van der Waals surface area contributed by atoms with Gasteiger partial charge in [0.15, 0.2) is 0 Å². The highest BCUT2D eigenvalue weighted by molar-refractivity contribution is 7.89. The third-order valence-corrected chi connectivity index (χ3v) is 14.6. The molecule has 2 atom stereocenters. The van der Waals surface area contributed by atoms with Crippen LogP contribution < -0.4 is 9.44 Å². The Hall–Kier alpha value is -5.22. The number of benzene rings is 4. The van der Waals surface area contributed by atoms with E-state index in [1.807, 2.05) is 62.6 Å². The van der Waals surface area contributed by atoms with Crippen molar-refractivity contribution in [1.29, 1.82) is 0 Å². The number of nitrogens with zero attached hydrogens (tertiary/aromatic N) is 4. The van der Waals surface area contributed by atoms with Crippen LogP contribution in [-0.2, 0) is 33.6 Å². The molecule has 0 fully saturated rings. The van der Waals surface area contributed by atoms with Crippen LogP contribution in [0.2, 0.25) is 0 Å². The molecule has 14 heteroatoms. The molecular weight excluding hydrogens is 781 g/mol. The van der Waals surface area contributed by atoms with E-state index >= 15 is 0 Å². The molecule has 0 saturated carbocycles. The number of likely N-dealkylation sites (N-methyl/N-ethyl adjacent to an activating group) is 2. The molecule has 4 aromatic carbocycles. The highest BCUT2D eigenvalue weighted by Crippen LogP contribution is 2.33. The van der Waals surface area contributed by atoms with Crippen LogP contribution in [0.15, 0.2) is 132 Å². The van der Waals surface area contributed by atoms with E-state index in [1.54, 1.807) is 36.7 Å². The van der Waals surface area contributed by atoms with E-state index in [-0.39, 0.29) is 35.0 Å². The largest absolute Gasteiger partial charge is 0.361 e. The second-order valence-corrected chi connectivity index (χ2v) is 18.8. The summed E-state index contributed by atoms with van der Waals surface area (Å²) in [4.78, 5) is 11.2. The Kier molecular flexibility index (Phi) is 11.5. The summed E-state index contributed by atoms with van der Waals surface area (Å²) in [6.07, 6.45) is 8.71. The van der Waals surface area contributed by atoms with Gasteiger partial charge >= 0.3 is 0 Å². The molecule has 8 rings (SSSR count). The van der Waals surface area contributed by atoms with Crippen LogP contribution in [0.4, 0.5) is 0 Å². The van der Waals surface area contributed by atoms with Crippen LogP contribution in [0, 0.1) is 0 Å². The van der Waals surface area contributed by atoms with Crippen molar-refractivity contribution in [2.45, 2.75) is 48.7 Å². The van der Waals surface area contributed by atoms with Gasteiger partial charge in [0.25, 0.3) is 0 Å². The molecule has 0 saturated heterocycles. The average molecular weight is 833 g/mol. The zero-order chi connectivity index (χ0) is 41.3. The minimum atomic E-state index is -3.82. The van der Waals surface area contributed by atoms with Gasteiger partial charge in [0.2, 0.25) is 20.0 Å². The number of nitrogens with one attached hydrogen (secondary N) is 4. The lowest BCUT2D eigenvalue weighted by Gasteiger charge is -2.31. The monoisotopic (exact) mass is 832 g/mol. The fourth-order valence-electron chi connectivity index (χ4n) is 8.43. The van der Waals surface area contributed by atoms with Gasteiger partial charge in [-0.2, -0.15) is 0 Å². The Bertz CT molecular complexity index is 2960. The molecule has 0 spiro atoms. The predicted octanol–water partition coefficient (Wildman–Crippen LogP) is 7.50. The fraction of sp³-hybridized carbons (Fsp3) is 0.289. The van der Waals surface area contributed by atoms with Crippen molar-refractivity contribution in [3.8, 4) is 0 Å². The van der Waals surface area contributed by atoms with Crippen molar-refractivity contribution in [1.82, 2.24) is 38.3 Å². The number of fused-ring (bicyclic) bond motifs is 4. The summed E-state index contributed by atoms with van der Waals surface area (Å²) >= 11 is 0. The minimum Gasteiger partial charge on any atom is -0.361 e. The lowest BCUT2D eigenvalue weighted by molar-refractivity contribution is 0.204. The van der Waals surface area contributed by atoms with E-state index < -0.39 is 20.0 Å². The number of aromatic amines is 2. The number of rotatable bonds is 18. The van der Waals surface area contributed by atoms with Crippen LogP contribution in [0.5, 0.6) is 0 Å². The first-order chi connectivity index (χ1) is 28.5. The zero-order valence-corrected chi connectivity index (χ0v) is 35.5. The van der Waals surface area contributed by atoms with Crippen LogP contribution >= 0.6 is 0 Å². The number of para-hydroxylation sites is 2. The first-order valence-electron chi connectivity index (χ1n) is 20.2. The van der Waals surface area contributed by atoms with E-state index in [0.717, 1.165) is 67.7 Å². The van der Waals surface area contributed by atoms with Crippen LogP contribution in [0.1, 0.15) is 43.5 Å². The second-order valence-electron chi connectivity index (χ2n) is 15.3. The SMILES string of the molecule is CCN(C)C(CNS(=O)(=O)c1ccc2cc[nH]c2c1)c1cn(CCCN(CC)C(CNS(=O)(=O)c2ccc3cc[nH]c3c2)c2cn(C)c3ccccc23)c2ccccc12. The van der Waals surface area contributed by atoms with Crippen molar-refractivity contribution in [2.75, 3.05) is 39.8 Å². The van der Waals surface area contributed by atoms with E-state index in [4.69, 9.17) is 0 Å². The first-order valence-corrected chi connectivity index (χ1v) is 23.1. The zero-order valence-electron chi connectivity index (χ0n) is 33.9. The molecule has 12 nitrogen and oxygen atoms in total. The maximum absolute atomic E-state index is 13.8. The Balaban J connectivity index is 1.03. The van der Waals surface area contributed by atoms with Crippen molar-refractivity contribution in [2.24, 2.45) is 7.05 Å². The van der Waals surface area contributed by atoms with Crippen LogP contribution in [-0.4, -0.2) is 85.5 Å². The average Bonchev–Trinajstić information content (AvgIpc) is 4.06. The summed E-state index contributed by atoms with van der Waals surface area (Å²) in [6.45, 7) is 7.46. The minimum absolute atomic E-state index is 0.198. The molecule has 0 amide bonds. The third kappa shape index (κ3) is 8.21. The molecule has 8 aromatic rings. The van der Waals surface area contributed by atoms with E-state index in [9.17, 15) is 16.8 Å². The van der Waals surface area contributed by atoms with Crippen molar-refractivity contribution >= 4 is 63.7 Å². The van der Waals surface area contributed by atoms with Crippen LogP contribution in [0.25, 0.3) is 43.6 Å². The molecule has 4 aromatic heterocycles. The van der Waals surface area contributed by atoms with Gasteiger partial charge in [-0.25, -0.2) is 26.3 Å². The molecule has 59 heavy (non-hydrogen) atoms. The van der Waals surface area contributed by atoms with Gasteiger partial charge in [-0.05, 0) is 97.0 Å². The molecule has 0 bridgehead atoms. The summed E-state index contributed by atoms with van der Waals surface area (Å²) in [5.41, 5.74) is 5.84.